The van der Waals surface area contributed by atoms with Crippen LogP contribution in [0, 0.1) is 0 Å². The molecule has 0 spiro atoms. The normalized spacial score (nSPS) is 16.8. The fourth-order valence-corrected chi connectivity index (χ4v) is 5.79. The highest BCUT2D eigenvalue weighted by Crippen LogP contribution is 2.19. The van der Waals surface area contributed by atoms with Crippen LogP contribution in [0.3, 0.4) is 0 Å². The van der Waals surface area contributed by atoms with Crippen molar-refractivity contribution in [1.29, 1.82) is 0 Å². The average Bonchev–Trinajstić information content (AvgIpc) is 2.69. The van der Waals surface area contributed by atoms with Crippen LogP contribution >= 0.6 is 0 Å². The van der Waals surface area contributed by atoms with E-state index in [0.29, 0.717) is 45.0 Å². The number of benzene rings is 1. The number of nitrogens with zero attached hydrogens (tertiary/aromatic N) is 3. The number of carbonyl (C=O) groups excluding carboxylic acids is 1. The monoisotopic (exact) mass is 446 g/mol. The molecule has 2 rings (SSSR count). The molecule has 0 atom stereocenters. The summed E-state index contributed by atoms with van der Waals surface area (Å²) in [5.74, 6) is -0.200. The maximum Gasteiger partial charge on any atom is 0.243 e. The second-order valence-electron chi connectivity index (χ2n) is 6.74. The third-order valence-electron chi connectivity index (χ3n) is 4.92. The van der Waals surface area contributed by atoms with E-state index in [0.717, 1.165) is 0 Å². The van der Waals surface area contributed by atoms with E-state index in [4.69, 9.17) is 0 Å². The van der Waals surface area contributed by atoms with Crippen LogP contribution in [0.1, 0.15) is 20.8 Å². The minimum absolute atomic E-state index is 0.0697. The number of carbonyl (C=O) groups is 1. The summed E-state index contributed by atoms with van der Waals surface area (Å²) in [6, 6.07) is 6.21. The van der Waals surface area contributed by atoms with E-state index >= 15 is 0 Å². The molecule has 0 bridgehead atoms. The lowest BCUT2D eigenvalue weighted by Crippen LogP contribution is -2.50. The molecule has 11 heteroatoms. The number of piperazine rings is 1. The highest BCUT2D eigenvalue weighted by Gasteiger charge is 2.26. The molecular formula is C18H30N4O5S2. The molecular weight excluding hydrogens is 416 g/mol. The van der Waals surface area contributed by atoms with Crippen molar-refractivity contribution in [3.05, 3.63) is 24.3 Å². The maximum atomic E-state index is 12.6. The summed E-state index contributed by atoms with van der Waals surface area (Å²) in [6.45, 7) is 7.70. The van der Waals surface area contributed by atoms with Gasteiger partial charge in [0, 0.05) is 45.0 Å². The molecule has 1 heterocycles. The van der Waals surface area contributed by atoms with Crippen molar-refractivity contribution in [2.24, 2.45) is 0 Å². The van der Waals surface area contributed by atoms with Gasteiger partial charge < -0.3 is 5.32 Å². The Balaban J connectivity index is 1.97. The molecule has 0 radical (unpaired) electrons. The zero-order valence-electron chi connectivity index (χ0n) is 17.2. The van der Waals surface area contributed by atoms with Gasteiger partial charge in [0.2, 0.25) is 26.0 Å². The summed E-state index contributed by atoms with van der Waals surface area (Å²) in [6.07, 6.45) is 0. The van der Waals surface area contributed by atoms with E-state index in [2.05, 4.69) is 5.32 Å². The van der Waals surface area contributed by atoms with Crippen LogP contribution in [0.4, 0.5) is 5.69 Å². The summed E-state index contributed by atoms with van der Waals surface area (Å²) in [4.78, 5) is 14.4. The van der Waals surface area contributed by atoms with Crippen LogP contribution in [0.15, 0.2) is 29.2 Å². The van der Waals surface area contributed by atoms with Gasteiger partial charge in [-0.2, -0.15) is 8.61 Å². The van der Waals surface area contributed by atoms with Crippen LogP contribution in [0.25, 0.3) is 0 Å². The fraction of sp³-hybridized carbons (Fsp3) is 0.611. The van der Waals surface area contributed by atoms with Gasteiger partial charge in [0.15, 0.2) is 0 Å². The molecule has 0 aromatic heterocycles. The van der Waals surface area contributed by atoms with E-state index in [1.807, 2.05) is 4.90 Å². The van der Waals surface area contributed by atoms with Gasteiger partial charge in [0.25, 0.3) is 0 Å². The Morgan fingerprint density at radius 2 is 1.66 bits per heavy atom. The molecule has 1 aliphatic heterocycles. The molecule has 1 aliphatic rings. The van der Waals surface area contributed by atoms with Crippen molar-refractivity contribution < 1.29 is 21.6 Å². The minimum atomic E-state index is -3.60. The summed E-state index contributed by atoms with van der Waals surface area (Å²) in [7, 11) is -6.81. The summed E-state index contributed by atoms with van der Waals surface area (Å²) in [5, 5.41) is 2.73. The van der Waals surface area contributed by atoms with Crippen molar-refractivity contribution >= 4 is 31.6 Å². The van der Waals surface area contributed by atoms with E-state index in [9.17, 15) is 21.6 Å². The van der Waals surface area contributed by atoms with Crippen molar-refractivity contribution in [2.75, 3.05) is 56.9 Å². The molecule has 1 amide bonds. The first kappa shape index (κ1) is 23.7. The van der Waals surface area contributed by atoms with Crippen molar-refractivity contribution in [3.63, 3.8) is 0 Å². The van der Waals surface area contributed by atoms with Crippen molar-refractivity contribution in [3.8, 4) is 0 Å². The number of sulfonamides is 2. The molecule has 164 valence electrons. The third-order valence-corrected chi connectivity index (χ3v) is 8.85. The van der Waals surface area contributed by atoms with Gasteiger partial charge in [-0.05, 0) is 25.1 Å². The van der Waals surface area contributed by atoms with Crippen molar-refractivity contribution in [2.45, 2.75) is 25.7 Å². The van der Waals surface area contributed by atoms with Crippen LogP contribution in [0.5, 0.6) is 0 Å². The molecule has 1 aromatic carbocycles. The van der Waals surface area contributed by atoms with E-state index in [1.54, 1.807) is 32.9 Å². The Morgan fingerprint density at radius 3 is 2.21 bits per heavy atom. The second-order valence-corrected chi connectivity index (χ2v) is 10.9. The molecule has 0 saturated carbocycles. The quantitative estimate of drug-likeness (QED) is 0.596. The first-order chi connectivity index (χ1) is 13.6. The highest BCUT2D eigenvalue weighted by molar-refractivity contribution is 7.89. The number of amides is 1. The van der Waals surface area contributed by atoms with E-state index in [1.165, 1.54) is 20.7 Å². The Hall–Kier alpha value is -1.53. The fourth-order valence-electron chi connectivity index (χ4n) is 3.20. The lowest BCUT2D eigenvalue weighted by Gasteiger charge is -2.33. The molecule has 1 saturated heterocycles. The molecule has 1 aromatic rings. The van der Waals surface area contributed by atoms with Crippen LogP contribution < -0.4 is 5.32 Å². The topological polar surface area (TPSA) is 107 Å². The number of hydrogen-bond acceptors (Lipinski definition) is 6. The molecule has 29 heavy (non-hydrogen) atoms. The Kier molecular flexibility index (Phi) is 8.18. The van der Waals surface area contributed by atoms with Crippen LogP contribution in [-0.2, 0) is 24.8 Å². The Bertz CT molecular complexity index is 906. The summed E-state index contributed by atoms with van der Waals surface area (Å²) in [5.41, 5.74) is 0.412. The predicted molar refractivity (Wildman–Crippen MR) is 113 cm³/mol. The number of rotatable bonds is 9. The van der Waals surface area contributed by atoms with Gasteiger partial charge in [-0.15, -0.1) is 0 Å². The number of nitrogens with one attached hydrogen (secondary N) is 1. The SMILES string of the molecule is CCN(CC)S(=O)(=O)c1cccc(NC(=O)CN2CCN(S(=O)(=O)CC)CC2)c1. The van der Waals surface area contributed by atoms with Gasteiger partial charge in [-0.25, -0.2) is 16.8 Å². The zero-order valence-corrected chi connectivity index (χ0v) is 18.8. The summed E-state index contributed by atoms with van der Waals surface area (Å²) < 4.78 is 51.9. The van der Waals surface area contributed by atoms with Crippen molar-refractivity contribution in [1.82, 2.24) is 13.5 Å². The van der Waals surface area contributed by atoms with Gasteiger partial charge in [-0.1, -0.05) is 19.9 Å². The molecule has 1 N–H and O–H groups in total. The highest BCUT2D eigenvalue weighted by atomic mass is 32.2. The first-order valence-electron chi connectivity index (χ1n) is 9.74. The van der Waals surface area contributed by atoms with Gasteiger partial charge in [0.1, 0.15) is 0 Å². The second kappa shape index (κ2) is 9.98. The maximum absolute atomic E-state index is 12.6. The molecule has 1 fully saturated rings. The lowest BCUT2D eigenvalue weighted by molar-refractivity contribution is -0.117. The predicted octanol–water partition coefficient (Wildman–Crippen LogP) is 0.623. The van der Waals surface area contributed by atoms with Crippen LogP contribution in [-0.4, -0.2) is 87.8 Å². The largest absolute Gasteiger partial charge is 0.325 e. The smallest absolute Gasteiger partial charge is 0.243 e. The first-order valence-corrected chi connectivity index (χ1v) is 12.8. The molecule has 9 nitrogen and oxygen atoms in total. The van der Waals surface area contributed by atoms with Gasteiger partial charge in [0.05, 0.1) is 17.2 Å². The molecule has 0 unspecified atom stereocenters. The average molecular weight is 447 g/mol. The van der Waals surface area contributed by atoms with Gasteiger partial charge >= 0.3 is 0 Å². The Morgan fingerprint density at radius 1 is 1.03 bits per heavy atom. The van der Waals surface area contributed by atoms with E-state index in [-0.39, 0.29) is 23.1 Å². The third kappa shape index (κ3) is 5.98. The zero-order chi connectivity index (χ0) is 21.7. The summed E-state index contributed by atoms with van der Waals surface area (Å²) >= 11 is 0. The van der Waals surface area contributed by atoms with Gasteiger partial charge in [-0.3, -0.25) is 9.69 Å². The number of anilines is 1. The van der Waals surface area contributed by atoms with Crippen LogP contribution in [0.2, 0.25) is 0 Å². The lowest BCUT2D eigenvalue weighted by atomic mass is 10.3. The molecule has 0 aliphatic carbocycles. The minimum Gasteiger partial charge on any atom is -0.325 e. The number of hydrogen-bond donors (Lipinski definition) is 1. The Labute approximate surface area is 173 Å². The standard InChI is InChI=1S/C18H30N4O5S2/c1-4-21(5-2)29(26,27)17-9-7-8-16(14-17)19-18(23)15-20-10-12-22(13-11-20)28(24,25)6-3/h7-9,14H,4-6,10-13,15H2,1-3H3,(H,19,23). The van der Waals surface area contributed by atoms with E-state index < -0.39 is 20.0 Å².